The van der Waals surface area contributed by atoms with Gasteiger partial charge in [-0.25, -0.2) is 0 Å². The lowest BCUT2D eigenvalue weighted by atomic mass is 10.1. The lowest BCUT2D eigenvalue weighted by Crippen LogP contribution is -2.34. The standard InChI is InChI=1S/C8H14O4/c1-7(2)11-5-8(12-7)3-6(9)10-4-8/h6,9H,3-5H2,1-2H3/t6?,8-/m1/s1. The molecule has 2 aliphatic heterocycles. The third kappa shape index (κ3) is 1.35. The van der Waals surface area contributed by atoms with Crippen molar-refractivity contribution in [1.29, 1.82) is 0 Å². The Balaban J connectivity index is 2.06. The summed E-state index contributed by atoms with van der Waals surface area (Å²) in [5.41, 5.74) is -0.400. The molecule has 2 saturated heterocycles. The highest BCUT2D eigenvalue weighted by Gasteiger charge is 2.50. The van der Waals surface area contributed by atoms with E-state index in [-0.39, 0.29) is 0 Å². The van der Waals surface area contributed by atoms with Crippen molar-refractivity contribution in [3.8, 4) is 0 Å². The van der Waals surface area contributed by atoms with Crippen molar-refractivity contribution in [2.45, 2.75) is 37.9 Å². The van der Waals surface area contributed by atoms with E-state index in [9.17, 15) is 0 Å². The summed E-state index contributed by atoms with van der Waals surface area (Å²) in [6, 6.07) is 0. The molecule has 2 fully saturated rings. The third-order valence-electron chi connectivity index (χ3n) is 2.23. The number of hydrogen-bond acceptors (Lipinski definition) is 4. The summed E-state index contributed by atoms with van der Waals surface area (Å²) in [5, 5.41) is 9.17. The van der Waals surface area contributed by atoms with E-state index in [1.165, 1.54) is 0 Å². The largest absolute Gasteiger partial charge is 0.368 e. The van der Waals surface area contributed by atoms with Crippen LogP contribution >= 0.6 is 0 Å². The van der Waals surface area contributed by atoms with Gasteiger partial charge in [-0.15, -0.1) is 0 Å². The molecule has 4 nitrogen and oxygen atoms in total. The molecule has 2 heterocycles. The predicted molar refractivity (Wildman–Crippen MR) is 40.4 cm³/mol. The van der Waals surface area contributed by atoms with E-state index in [1.807, 2.05) is 13.8 Å². The second-order valence-corrected chi connectivity index (χ2v) is 3.94. The quantitative estimate of drug-likeness (QED) is 0.571. The van der Waals surface area contributed by atoms with E-state index in [0.717, 1.165) is 0 Å². The molecule has 0 amide bonds. The molecule has 12 heavy (non-hydrogen) atoms. The van der Waals surface area contributed by atoms with Gasteiger partial charge in [0.2, 0.25) is 0 Å². The first-order valence-corrected chi connectivity index (χ1v) is 4.15. The Bertz CT molecular complexity index is 191. The lowest BCUT2D eigenvalue weighted by Gasteiger charge is -2.22. The molecule has 0 aliphatic carbocycles. The third-order valence-corrected chi connectivity index (χ3v) is 2.23. The highest BCUT2D eigenvalue weighted by molar-refractivity contribution is 4.92. The van der Waals surface area contributed by atoms with Crippen molar-refractivity contribution >= 4 is 0 Å². The minimum atomic E-state index is -0.692. The van der Waals surface area contributed by atoms with Crippen LogP contribution in [-0.4, -0.2) is 36.0 Å². The van der Waals surface area contributed by atoms with Crippen LogP contribution in [0.15, 0.2) is 0 Å². The molecule has 2 rings (SSSR count). The molecule has 4 heteroatoms. The molecule has 1 unspecified atom stereocenters. The van der Waals surface area contributed by atoms with Crippen LogP contribution in [0.3, 0.4) is 0 Å². The van der Waals surface area contributed by atoms with Crippen molar-refractivity contribution in [3.05, 3.63) is 0 Å². The zero-order chi connectivity index (χ0) is 8.82. The topological polar surface area (TPSA) is 47.9 Å². The van der Waals surface area contributed by atoms with Crippen molar-refractivity contribution in [2.24, 2.45) is 0 Å². The molecule has 0 aromatic rings. The second-order valence-electron chi connectivity index (χ2n) is 3.94. The molecule has 2 atom stereocenters. The van der Waals surface area contributed by atoms with Crippen LogP contribution in [0.5, 0.6) is 0 Å². The molecule has 2 aliphatic rings. The van der Waals surface area contributed by atoms with Crippen LogP contribution < -0.4 is 0 Å². The van der Waals surface area contributed by atoms with E-state index in [0.29, 0.717) is 19.6 Å². The Morgan fingerprint density at radius 1 is 1.33 bits per heavy atom. The van der Waals surface area contributed by atoms with Gasteiger partial charge in [0, 0.05) is 6.42 Å². The Hall–Kier alpha value is -0.160. The SMILES string of the molecule is CC1(C)OC[C@@]2(COC(O)C2)O1. The Kier molecular flexibility index (Phi) is 1.70. The molecular formula is C8H14O4. The summed E-state index contributed by atoms with van der Waals surface area (Å²) in [5.74, 6) is -0.534. The van der Waals surface area contributed by atoms with Gasteiger partial charge in [0.05, 0.1) is 13.2 Å². The summed E-state index contributed by atoms with van der Waals surface area (Å²) in [6.07, 6.45) is -0.182. The summed E-state index contributed by atoms with van der Waals surface area (Å²) < 4.78 is 16.1. The van der Waals surface area contributed by atoms with Crippen LogP contribution in [0.1, 0.15) is 20.3 Å². The summed E-state index contributed by atoms with van der Waals surface area (Å²) in [7, 11) is 0. The molecule has 70 valence electrons. The minimum absolute atomic E-state index is 0.400. The number of ether oxygens (including phenoxy) is 3. The van der Waals surface area contributed by atoms with Crippen LogP contribution in [0.4, 0.5) is 0 Å². The zero-order valence-corrected chi connectivity index (χ0v) is 7.37. The van der Waals surface area contributed by atoms with Crippen molar-refractivity contribution < 1.29 is 19.3 Å². The normalized spacial score (nSPS) is 45.8. The predicted octanol–water partition coefficient (Wildman–Crippen LogP) is 0.247. The summed E-state index contributed by atoms with van der Waals surface area (Å²) in [6.45, 7) is 4.67. The van der Waals surface area contributed by atoms with E-state index in [1.54, 1.807) is 0 Å². The average molecular weight is 174 g/mol. The van der Waals surface area contributed by atoms with E-state index < -0.39 is 17.7 Å². The number of aliphatic hydroxyl groups is 1. The Morgan fingerprint density at radius 2 is 2.08 bits per heavy atom. The second kappa shape index (κ2) is 2.42. The number of aliphatic hydroxyl groups excluding tert-OH is 1. The highest BCUT2D eigenvalue weighted by Crippen LogP contribution is 2.38. The first-order valence-electron chi connectivity index (χ1n) is 4.15. The van der Waals surface area contributed by atoms with Crippen LogP contribution in [0, 0.1) is 0 Å². The lowest BCUT2D eigenvalue weighted by molar-refractivity contribution is -0.160. The average Bonchev–Trinajstić information content (AvgIpc) is 2.41. The fourth-order valence-electron chi connectivity index (χ4n) is 1.74. The maximum Gasteiger partial charge on any atom is 0.163 e. The van der Waals surface area contributed by atoms with Gasteiger partial charge < -0.3 is 19.3 Å². The van der Waals surface area contributed by atoms with Gasteiger partial charge >= 0.3 is 0 Å². The van der Waals surface area contributed by atoms with Gasteiger partial charge in [0.15, 0.2) is 12.1 Å². The molecule has 0 aromatic heterocycles. The fourth-order valence-corrected chi connectivity index (χ4v) is 1.74. The maximum absolute atomic E-state index is 9.17. The highest BCUT2D eigenvalue weighted by atomic mass is 16.8. The summed E-state index contributed by atoms with van der Waals surface area (Å²) in [4.78, 5) is 0. The Labute approximate surface area is 71.4 Å². The molecular weight excluding hydrogens is 160 g/mol. The van der Waals surface area contributed by atoms with Gasteiger partial charge in [0.25, 0.3) is 0 Å². The van der Waals surface area contributed by atoms with E-state index in [2.05, 4.69) is 0 Å². The molecule has 0 saturated carbocycles. The van der Waals surface area contributed by atoms with Crippen LogP contribution in [-0.2, 0) is 14.2 Å². The van der Waals surface area contributed by atoms with Gasteiger partial charge in [0.1, 0.15) is 5.60 Å². The van der Waals surface area contributed by atoms with Gasteiger partial charge in [-0.05, 0) is 13.8 Å². The molecule has 0 radical (unpaired) electrons. The van der Waals surface area contributed by atoms with E-state index in [4.69, 9.17) is 19.3 Å². The first kappa shape index (κ1) is 8.44. The smallest absolute Gasteiger partial charge is 0.163 e. The molecule has 0 bridgehead atoms. The van der Waals surface area contributed by atoms with Crippen LogP contribution in [0.2, 0.25) is 0 Å². The fraction of sp³-hybridized carbons (Fsp3) is 1.00. The zero-order valence-electron chi connectivity index (χ0n) is 7.37. The molecule has 1 spiro atoms. The number of hydrogen-bond donors (Lipinski definition) is 1. The van der Waals surface area contributed by atoms with Crippen molar-refractivity contribution in [2.75, 3.05) is 13.2 Å². The van der Waals surface area contributed by atoms with Gasteiger partial charge in [-0.2, -0.15) is 0 Å². The number of rotatable bonds is 0. The van der Waals surface area contributed by atoms with E-state index >= 15 is 0 Å². The molecule has 0 aromatic carbocycles. The summed E-state index contributed by atoms with van der Waals surface area (Å²) >= 11 is 0. The van der Waals surface area contributed by atoms with Crippen molar-refractivity contribution in [3.63, 3.8) is 0 Å². The van der Waals surface area contributed by atoms with Gasteiger partial charge in [-0.1, -0.05) is 0 Å². The van der Waals surface area contributed by atoms with Gasteiger partial charge in [-0.3, -0.25) is 0 Å². The minimum Gasteiger partial charge on any atom is -0.368 e. The Morgan fingerprint density at radius 3 is 2.50 bits per heavy atom. The van der Waals surface area contributed by atoms with Crippen LogP contribution in [0.25, 0.3) is 0 Å². The van der Waals surface area contributed by atoms with Crippen molar-refractivity contribution in [1.82, 2.24) is 0 Å². The first-order chi connectivity index (χ1) is 5.52. The maximum atomic E-state index is 9.17. The molecule has 1 N–H and O–H groups in total. The monoisotopic (exact) mass is 174 g/mol.